The lowest BCUT2D eigenvalue weighted by atomic mass is 11.0. The quantitative estimate of drug-likeness (QED) is 0.516. The van der Waals surface area contributed by atoms with Gasteiger partial charge in [-0.05, 0) is 8.41 Å². The van der Waals surface area contributed by atoms with Crippen molar-refractivity contribution in [3.05, 3.63) is 0 Å². The molecule has 0 rings (SSSR count). The van der Waals surface area contributed by atoms with E-state index in [0.29, 0.717) is 0 Å². The van der Waals surface area contributed by atoms with Gasteiger partial charge in [0.1, 0.15) is 0 Å². The van der Waals surface area contributed by atoms with Gasteiger partial charge >= 0.3 is 0 Å². The Kier molecular flexibility index (Phi) is 4.37. The third kappa shape index (κ3) is 4.46. The summed E-state index contributed by atoms with van der Waals surface area (Å²) >= 11 is 0. The zero-order valence-electron chi connectivity index (χ0n) is 6.36. The van der Waals surface area contributed by atoms with Gasteiger partial charge in [-0.2, -0.15) is 0 Å². The molecule has 0 N–H and O–H groups in total. The molecule has 0 aliphatic carbocycles. The number of rotatable bonds is 2. The lowest BCUT2D eigenvalue weighted by Crippen LogP contribution is -2.12. The summed E-state index contributed by atoms with van der Waals surface area (Å²) < 4.78 is 0. The van der Waals surface area contributed by atoms with Crippen molar-refractivity contribution in [2.24, 2.45) is 0 Å². The minimum atomic E-state index is -0.319. The molecule has 1 atom stereocenters. The molecule has 1 unspecified atom stereocenters. The molecule has 8 heavy (non-hydrogen) atoms. The van der Waals surface area contributed by atoms with Crippen LogP contribution in [0.2, 0.25) is 25.7 Å². The molecule has 0 aromatic heterocycles. The smallest absolute Gasteiger partial charge is 0.0529 e. The molecule has 2 heteroatoms. The fraction of sp³-hybridized carbons (Fsp3) is 0.833. The van der Waals surface area contributed by atoms with E-state index in [9.17, 15) is 0 Å². The lowest BCUT2D eigenvalue weighted by molar-refractivity contribution is 1.44. The van der Waals surface area contributed by atoms with E-state index < -0.39 is 0 Å². The van der Waals surface area contributed by atoms with Crippen LogP contribution in [-0.4, -0.2) is 22.5 Å². The molecular formula is C6H16Si2. The Balaban J connectivity index is 3.51. The van der Waals surface area contributed by atoms with Crippen molar-refractivity contribution in [2.75, 3.05) is 0 Å². The van der Waals surface area contributed by atoms with Crippen molar-refractivity contribution in [3.8, 4) is 0 Å². The Hall–Kier alpha value is 0.304. The summed E-state index contributed by atoms with van der Waals surface area (Å²) in [4.78, 5) is 0. The minimum absolute atomic E-state index is 0.00914. The highest BCUT2D eigenvalue weighted by Crippen LogP contribution is 1.84. The SMILES string of the molecule is CC[SiH](C)C=[Si](C)C. The van der Waals surface area contributed by atoms with Crippen LogP contribution in [0.3, 0.4) is 0 Å². The topological polar surface area (TPSA) is 0 Å². The maximum Gasteiger partial charge on any atom is 0.0529 e. The Bertz CT molecular complexity index is 82.5. The van der Waals surface area contributed by atoms with Gasteiger partial charge in [0.25, 0.3) is 0 Å². The molecule has 0 heterocycles. The van der Waals surface area contributed by atoms with Crippen LogP contribution >= 0.6 is 0 Å². The highest BCUT2D eigenvalue weighted by atomic mass is 28.3. The normalized spacial score (nSPS) is 13.0. The second kappa shape index (κ2) is 4.21. The van der Waals surface area contributed by atoms with Crippen molar-refractivity contribution >= 4 is 22.5 Å². The maximum atomic E-state index is 2.63. The summed E-state index contributed by atoms with van der Waals surface area (Å²) in [6.07, 6.45) is 0. The lowest BCUT2D eigenvalue weighted by Gasteiger charge is -1.97. The molecule has 0 amide bonds. The molecule has 0 nitrogen and oxygen atoms in total. The molecule has 0 aromatic rings. The van der Waals surface area contributed by atoms with Gasteiger partial charge in [-0.3, -0.25) is 0 Å². The monoisotopic (exact) mass is 144 g/mol. The van der Waals surface area contributed by atoms with Crippen molar-refractivity contribution in [3.63, 3.8) is 0 Å². The first-order valence-electron chi connectivity index (χ1n) is 3.31. The first-order valence-corrected chi connectivity index (χ1v) is 8.53. The Labute approximate surface area is 55.8 Å². The summed E-state index contributed by atoms with van der Waals surface area (Å²) in [7, 11) is -0.328. The Morgan fingerprint density at radius 3 is 2.12 bits per heavy atom. The fourth-order valence-electron chi connectivity index (χ4n) is 0.687. The van der Waals surface area contributed by atoms with E-state index in [4.69, 9.17) is 0 Å². The molecule has 0 fully saturated rings. The van der Waals surface area contributed by atoms with Crippen LogP contribution < -0.4 is 0 Å². The molecule has 0 aliphatic rings. The van der Waals surface area contributed by atoms with E-state index in [1.54, 1.807) is 0 Å². The van der Waals surface area contributed by atoms with E-state index in [1.165, 1.54) is 6.04 Å². The first-order chi connectivity index (χ1) is 3.66. The summed E-state index contributed by atoms with van der Waals surface area (Å²) in [5.74, 6) is 0. The number of hydrogen-bond donors (Lipinski definition) is 0. The summed E-state index contributed by atoms with van der Waals surface area (Å²) in [5.41, 5.74) is 0. The van der Waals surface area contributed by atoms with Crippen LogP contribution in [0.25, 0.3) is 0 Å². The maximum absolute atomic E-state index is 2.63. The zero-order chi connectivity index (χ0) is 6.57. The van der Waals surface area contributed by atoms with E-state index >= 15 is 0 Å². The van der Waals surface area contributed by atoms with Crippen molar-refractivity contribution < 1.29 is 0 Å². The van der Waals surface area contributed by atoms with Gasteiger partial charge in [0, 0.05) is 0 Å². The molecule has 0 aromatic carbocycles. The van der Waals surface area contributed by atoms with Gasteiger partial charge in [0.15, 0.2) is 0 Å². The predicted molar refractivity (Wildman–Crippen MR) is 47.0 cm³/mol. The van der Waals surface area contributed by atoms with E-state index in [0.717, 1.165) is 0 Å². The second-order valence-corrected chi connectivity index (χ2v) is 8.89. The van der Waals surface area contributed by atoms with Gasteiger partial charge in [0.05, 0.1) is 8.80 Å². The molecule has 0 spiro atoms. The van der Waals surface area contributed by atoms with E-state index in [2.05, 4.69) is 31.9 Å². The van der Waals surface area contributed by atoms with Crippen LogP contribution in [0, 0.1) is 0 Å². The third-order valence-electron chi connectivity index (χ3n) is 1.26. The molecule has 0 saturated carbocycles. The summed E-state index contributed by atoms with van der Waals surface area (Å²) in [6.45, 7) is 9.46. The molecule has 0 bridgehead atoms. The standard InChI is InChI=1S/C6H16Si2/c1-5-8(4)6-7(2)3/h6,8H,5H2,1-4H3. The molecule has 0 radical (unpaired) electrons. The Morgan fingerprint density at radius 2 is 2.00 bits per heavy atom. The highest BCUT2D eigenvalue weighted by Gasteiger charge is 1.92. The highest BCUT2D eigenvalue weighted by molar-refractivity contribution is 6.99. The van der Waals surface area contributed by atoms with Crippen molar-refractivity contribution in [1.82, 2.24) is 0 Å². The van der Waals surface area contributed by atoms with Gasteiger partial charge in [0.2, 0.25) is 0 Å². The van der Waals surface area contributed by atoms with Gasteiger partial charge in [-0.1, -0.05) is 32.6 Å². The van der Waals surface area contributed by atoms with Gasteiger partial charge < -0.3 is 0 Å². The largest absolute Gasteiger partial charge is 0.117 e. The third-order valence-corrected chi connectivity index (χ3v) is 7.49. The van der Waals surface area contributed by atoms with Crippen LogP contribution in [-0.2, 0) is 0 Å². The molecular weight excluding hydrogens is 128 g/mol. The van der Waals surface area contributed by atoms with Gasteiger partial charge in [-0.15, -0.1) is 5.30 Å². The Morgan fingerprint density at radius 1 is 1.50 bits per heavy atom. The molecule has 0 aliphatic heterocycles. The van der Waals surface area contributed by atoms with Crippen molar-refractivity contribution in [2.45, 2.75) is 32.6 Å². The average molecular weight is 144 g/mol. The molecule has 48 valence electrons. The predicted octanol–water partition coefficient (Wildman–Crippen LogP) is 1.54. The van der Waals surface area contributed by atoms with E-state index in [1.807, 2.05) is 0 Å². The van der Waals surface area contributed by atoms with Crippen LogP contribution in [0.4, 0.5) is 0 Å². The van der Waals surface area contributed by atoms with Crippen LogP contribution in [0.15, 0.2) is 0 Å². The second-order valence-electron chi connectivity index (χ2n) is 2.63. The van der Waals surface area contributed by atoms with Crippen LogP contribution in [0.1, 0.15) is 6.92 Å². The van der Waals surface area contributed by atoms with E-state index in [-0.39, 0.29) is 17.2 Å². The average Bonchev–Trinajstić information content (AvgIpc) is 1.65. The minimum Gasteiger partial charge on any atom is -0.117 e. The summed E-state index contributed by atoms with van der Waals surface area (Å²) in [6, 6.07) is 1.44. The zero-order valence-corrected chi connectivity index (χ0v) is 8.52. The first kappa shape index (κ1) is 8.30. The van der Waals surface area contributed by atoms with Crippen molar-refractivity contribution in [1.29, 1.82) is 0 Å². The van der Waals surface area contributed by atoms with Crippen LogP contribution in [0.5, 0.6) is 0 Å². The number of hydrogen-bond acceptors (Lipinski definition) is 0. The van der Waals surface area contributed by atoms with Gasteiger partial charge in [-0.25, -0.2) is 0 Å². The summed E-state index contributed by atoms with van der Waals surface area (Å²) in [5, 5.41) is 2.63. The fourth-order valence-corrected chi connectivity index (χ4v) is 6.18. The molecule has 0 saturated heterocycles.